The van der Waals surface area contributed by atoms with Crippen LogP contribution in [0.5, 0.6) is 5.75 Å². The van der Waals surface area contributed by atoms with Crippen LogP contribution in [-0.4, -0.2) is 18.8 Å². The number of methoxy groups -OCH3 is 1. The van der Waals surface area contributed by atoms with Crippen molar-refractivity contribution in [3.05, 3.63) is 29.3 Å². The largest absolute Gasteiger partial charge is 0.496 e. The second kappa shape index (κ2) is 4.64. The molecule has 15 heavy (non-hydrogen) atoms. The lowest BCUT2D eigenvalue weighted by atomic mass is 9.90. The van der Waals surface area contributed by atoms with Crippen molar-refractivity contribution in [3.63, 3.8) is 0 Å². The van der Waals surface area contributed by atoms with Crippen LogP contribution in [0, 0.1) is 6.92 Å². The average molecular weight is 209 g/mol. The van der Waals surface area contributed by atoms with E-state index in [0.717, 1.165) is 16.9 Å². The Kier molecular flexibility index (Phi) is 3.72. The molecule has 0 aliphatic rings. The van der Waals surface area contributed by atoms with Crippen molar-refractivity contribution in [2.45, 2.75) is 25.9 Å². The normalized spacial score (nSPS) is 14.7. The topological polar surface area (TPSA) is 55.5 Å². The van der Waals surface area contributed by atoms with Crippen LogP contribution in [0.2, 0.25) is 0 Å². The first-order valence-corrected chi connectivity index (χ1v) is 5.15. The molecular weight excluding hydrogens is 190 g/mol. The van der Waals surface area contributed by atoms with Crippen molar-refractivity contribution in [1.29, 1.82) is 0 Å². The maximum absolute atomic E-state index is 10.2. The molecule has 0 saturated heterocycles. The van der Waals surface area contributed by atoms with Crippen LogP contribution < -0.4 is 10.5 Å². The average Bonchev–Trinajstić information content (AvgIpc) is 2.28. The van der Waals surface area contributed by atoms with E-state index in [1.54, 1.807) is 7.11 Å². The standard InChI is InChI=1S/C12H19NO2/c1-4-12(14,8-13)10-5-6-11(15-3)9(2)7-10/h5-7,14H,4,8,13H2,1-3H3. The van der Waals surface area contributed by atoms with Crippen LogP contribution in [0.3, 0.4) is 0 Å². The molecule has 1 aromatic rings. The number of aliphatic hydroxyl groups is 1. The number of nitrogens with two attached hydrogens (primary N) is 1. The summed E-state index contributed by atoms with van der Waals surface area (Å²) in [6.07, 6.45) is 0.606. The fraction of sp³-hybridized carbons (Fsp3) is 0.500. The second-order valence-corrected chi connectivity index (χ2v) is 3.77. The zero-order valence-electron chi connectivity index (χ0n) is 9.58. The van der Waals surface area contributed by atoms with Crippen LogP contribution in [0.15, 0.2) is 18.2 Å². The van der Waals surface area contributed by atoms with Gasteiger partial charge in [0.2, 0.25) is 0 Å². The summed E-state index contributed by atoms with van der Waals surface area (Å²) in [6.45, 7) is 4.11. The summed E-state index contributed by atoms with van der Waals surface area (Å²) in [5.74, 6) is 0.828. The molecule has 1 aromatic carbocycles. The maximum Gasteiger partial charge on any atom is 0.121 e. The van der Waals surface area contributed by atoms with Gasteiger partial charge in [0.15, 0.2) is 0 Å². The predicted molar refractivity (Wildman–Crippen MR) is 61.0 cm³/mol. The van der Waals surface area contributed by atoms with Gasteiger partial charge in [-0.2, -0.15) is 0 Å². The van der Waals surface area contributed by atoms with E-state index in [4.69, 9.17) is 10.5 Å². The molecule has 84 valence electrons. The number of benzene rings is 1. The first kappa shape index (κ1) is 12.0. The minimum absolute atomic E-state index is 0.231. The predicted octanol–water partition coefficient (Wildman–Crippen LogP) is 1.56. The Morgan fingerprint density at radius 3 is 2.53 bits per heavy atom. The van der Waals surface area contributed by atoms with Crippen molar-refractivity contribution in [3.8, 4) is 5.75 Å². The summed E-state index contributed by atoms with van der Waals surface area (Å²) in [4.78, 5) is 0. The summed E-state index contributed by atoms with van der Waals surface area (Å²) in [5.41, 5.74) is 6.53. The van der Waals surface area contributed by atoms with Crippen LogP contribution in [-0.2, 0) is 5.60 Å². The third-order valence-electron chi connectivity index (χ3n) is 2.85. The molecule has 0 amide bonds. The fourth-order valence-corrected chi connectivity index (χ4v) is 1.63. The molecule has 0 heterocycles. The number of rotatable bonds is 4. The number of aryl methyl sites for hydroxylation is 1. The van der Waals surface area contributed by atoms with Gasteiger partial charge >= 0.3 is 0 Å². The Balaban J connectivity index is 3.11. The Morgan fingerprint density at radius 1 is 1.47 bits per heavy atom. The maximum atomic E-state index is 10.2. The summed E-state index contributed by atoms with van der Waals surface area (Å²) < 4.78 is 5.17. The first-order chi connectivity index (χ1) is 7.07. The van der Waals surface area contributed by atoms with Gasteiger partial charge in [-0.1, -0.05) is 13.0 Å². The van der Waals surface area contributed by atoms with E-state index in [2.05, 4.69) is 0 Å². The molecule has 0 spiro atoms. The van der Waals surface area contributed by atoms with Gasteiger partial charge in [0.1, 0.15) is 11.4 Å². The van der Waals surface area contributed by atoms with E-state index in [1.807, 2.05) is 32.0 Å². The van der Waals surface area contributed by atoms with E-state index < -0.39 is 5.60 Å². The summed E-state index contributed by atoms with van der Waals surface area (Å²) in [5, 5.41) is 10.2. The molecule has 3 N–H and O–H groups in total. The third kappa shape index (κ3) is 2.30. The van der Waals surface area contributed by atoms with Crippen molar-refractivity contribution >= 4 is 0 Å². The zero-order valence-corrected chi connectivity index (χ0v) is 9.58. The van der Waals surface area contributed by atoms with Gasteiger partial charge in [-0.15, -0.1) is 0 Å². The number of hydrogen-bond acceptors (Lipinski definition) is 3. The first-order valence-electron chi connectivity index (χ1n) is 5.15. The highest BCUT2D eigenvalue weighted by atomic mass is 16.5. The van der Waals surface area contributed by atoms with Crippen LogP contribution in [0.25, 0.3) is 0 Å². The minimum atomic E-state index is -0.920. The Morgan fingerprint density at radius 2 is 2.13 bits per heavy atom. The number of ether oxygens (including phenoxy) is 1. The molecular formula is C12H19NO2. The van der Waals surface area contributed by atoms with Crippen molar-refractivity contribution < 1.29 is 9.84 Å². The molecule has 3 heteroatoms. The number of hydrogen-bond donors (Lipinski definition) is 2. The SMILES string of the molecule is CCC(O)(CN)c1ccc(OC)c(C)c1. The molecule has 0 aromatic heterocycles. The Bertz CT molecular complexity index is 332. The molecule has 1 unspecified atom stereocenters. The molecule has 0 aliphatic carbocycles. The molecule has 1 atom stereocenters. The molecule has 0 fully saturated rings. The molecule has 3 nitrogen and oxygen atoms in total. The van der Waals surface area contributed by atoms with Gasteiger partial charge in [-0.3, -0.25) is 0 Å². The van der Waals surface area contributed by atoms with Gasteiger partial charge in [-0.05, 0) is 36.6 Å². The fourth-order valence-electron chi connectivity index (χ4n) is 1.63. The Hall–Kier alpha value is -1.06. The highest BCUT2D eigenvalue weighted by molar-refractivity contribution is 5.38. The van der Waals surface area contributed by atoms with Crippen LogP contribution >= 0.6 is 0 Å². The van der Waals surface area contributed by atoms with Gasteiger partial charge in [0.05, 0.1) is 7.11 Å². The lowest BCUT2D eigenvalue weighted by Gasteiger charge is -2.26. The third-order valence-corrected chi connectivity index (χ3v) is 2.85. The Labute approximate surface area is 90.9 Å². The summed E-state index contributed by atoms with van der Waals surface area (Å²) >= 11 is 0. The lowest BCUT2D eigenvalue weighted by molar-refractivity contribution is 0.0417. The van der Waals surface area contributed by atoms with Crippen LogP contribution in [0.1, 0.15) is 24.5 Å². The highest BCUT2D eigenvalue weighted by Gasteiger charge is 2.25. The van der Waals surface area contributed by atoms with Gasteiger partial charge in [-0.25, -0.2) is 0 Å². The van der Waals surface area contributed by atoms with E-state index in [1.165, 1.54) is 0 Å². The van der Waals surface area contributed by atoms with E-state index >= 15 is 0 Å². The van der Waals surface area contributed by atoms with Gasteiger partial charge in [0.25, 0.3) is 0 Å². The zero-order chi connectivity index (χ0) is 11.5. The van der Waals surface area contributed by atoms with Crippen molar-refractivity contribution in [2.75, 3.05) is 13.7 Å². The summed E-state index contributed by atoms with van der Waals surface area (Å²) in [7, 11) is 1.64. The monoisotopic (exact) mass is 209 g/mol. The van der Waals surface area contributed by atoms with E-state index in [9.17, 15) is 5.11 Å². The molecule has 0 bridgehead atoms. The highest BCUT2D eigenvalue weighted by Crippen LogP contribution is 2.28. The lowest BCUT2D eigenvalue weighted by Crippen LogP contribution is -2.34. The second-order valence-electron chi connectivity index (χ2n) is 3.77. The minimum Gasteiger partial charge on any atom is -0.496 e. The molecule has 0 saturated carbocycles. The smallest absolute Gasteiger partial charge is 0.121 e. The van der Waals surface area contributed by atoms with Crippen LogP contribution in [0.4, 0.5) is 0 Å². The van der Waals surface area contributed by atoms with E-state index in [0.29, 0.717) is 6.42 Å². The summed E-state index contributed by atoms with van der Waals surface area (Å²) in [6, 6.07) is 5.65. The molecule has 1 rings (SSSR count). The van der Waals surface area contributed by atoms with Crippen molar-refractivity contribution in [1.82, 2.24) is 0 Å². The quantitative estimate of drug-likeness (QED) is 0.791. The van der Waals surface area contributed by atoms with Gasteiger partial charge in [0, 0.05) is 6.54 Å². The van der Waals surface area contributed by atoms with Gasteiger partial charge < -0.3 is 15.6 Å². The molecule has 0 radical (unpaired) electrons. The van der Waals surface area contributed by atoms with Crippen molar-refractivity contribution in [2.24, 2.45) is 5.73 Å². The molecule has 0 aliphatic heterocycles. The van der Waals surface area contributed by atoms with E-state index in [-0.39, 0.29) is 6.54 Å².